The summed E-state index contributed by atoms with van der Waals surface area (Å²) in [6.45, 7) is 28.2. The summed E-state index contributed by atoms with van der Waals surface area (Å²) in [5.41, 5.74) is 13.2. The average molecular weight is 712 g/mol. The first-order valence-corrected chi connectivity index (χ1v) is 20.0. The van der Waals surface area contributed by atoms with E-state index in [1.807, 2.05) is 0 Å². The van der Waals surface area contributed by atoms with Crippen LogP contribution in [0.1, 0.15) is 102 Å². The van der Waals surface area contributed by atoms with Crippen molar-refractivity contribution in [3.8, 4) is 6.07 Å². The molecule has 1 aliphatic carbocycles. The maximum absolute atomic E-state index is 10.3. The number of hydrogen-bond donors (Lipinski definition) is 0. The number of fused-ring (bicyclic) bond motifs is 6. The Morgan fingerprint density at radius 1 is 0.833 bits per heavy atom. The van der Waals surface area contributed by atoms with Crippen molar-refractivity contribution in [2.75, 3.05) is 18.0 Å². The van der Waals surface area contributed by atoms with Crippen LogP contribution in [0.5, 0.6) is 0 Å². The van der Waals surface area contributed by atoms with E-state index in [0.29, 0.717) is 0 Å². The Balaban J connectivity index is 1.32. The second-order valence-corrected chi connectivity index (χ2v) is 16.7. The van der Waals surface area contributed by atoms with Gasteiger partial charge < -0.3 is 4.90 Å². The Bertz CT molecular complexity index is 2400. The van der Waals surface area contributed by atoms with Crippen LogP contribution in [-0.4, -0.2) is 29.4 Å². The summed E-state index contributed by atoms with van der Waals surface area (Å²) in [6, 6.07) is 24.3. The Hall–Kier alpha value is -5.19. The van der Waals surface area contributed by atoms with Crippen LogP contribution in [0.4, 0.5) is 11.4 Å². The first kappa shape index (κ1) is 37.1. The van der Waals surface area contributed by atoms with Crippen molar-refractivity contribution in [2.45, 2.75) is 111 Å². The van der Waals surface area contributed by atoms with Crippen LogP contribution in [0.2, 0.25) is 0 Å². The lowest BCUT2D eigenvalue weighted by Gasteiger charge is -2.27. The number of allylic oxidation sites excluding steroid dienone is 6. The fraction of sp³-hybridized carbons (Fsp3) is 0.380. The van der Waals surface area contributed by atoms with E-state index < -0.39 is 6.04 Å². The zero-order valence-electron chi connectivity index (χ0n) is 33.6. The fourth-order valence-corrected chi connectivity index (χ4v) is 9.50. The van der Waals surface area contributed by atoms with E-state index in [-0.39, 0.29) is 10.8 Å². The third kappa shape index (κ3) is 6.21. The largest absolute Gasteiger partial charge is 0.344 e. The topological polar surface area (TPSA) is 34.4 Å². The third-order valence-corrected chi connectivity index (χ3v) is 12.2. The molecule has 4 aromatic carbocycles. The lowest BCUT2D eigenvalue weighted by Crippen LogP contribution is -2.28. The van der Waals surface area contributed by atoms with Crippen molar-refractivity contribution in [1.29, 1.82) is 5.26 Å². The Morgan fingerprint density at radius 3 is 2.15 bits per heavy atom. The van der Waals surface area contributed by atoms with E-state index in [9.17, 15) is 5.26 Å². The highest BCUT2D eigenvalue weighted by Crippen LogP contribution is 2.51. The number of benzene rings is 4. The minimum atomic E-state index is -0.837. The van der Waals surface area contributed by atoms with Crippen LogP contribution in [-0.2, 0) is 10.8 Å². The molecule has 0 radical (unpaired) electrons. The molecule has 7 rings (SSSR count). The molecule has 4 nitrogen and oxygen atoms in total. The second-order valence-electron chi connectivity index (χ2n) is 16.7. The number of aryl methyl sites for hydroxylation is 2. The number of rotatable bonds is 10. The fourth-order valence-electron chi connectivity index (χ4n) is 9.50. The van der Waals surface area contributed by atoms with Crippen LogP contribution in [0, 0.1) is 31.8 Å². The summed E-state index contributed by atoms with van der Waals surface area (Å²) in [5, 5.41) is 15.5. The molecule has 0 bridgehead atoms. The van der Waals surface area contributed by atoms with E-state index >= 15 is 0 Å². The van der Waals surface area contributed by atoms with Gasteiger partial charge in [0.1, 0.15) is 6.54 Å². The summed E-state index contributed by atoms with van der Waals surface area (Å²) in [4.78, 5) is 6.40. The summed E-state index contributed by atoms with van der Waals surface area (Å²) in [5.74, 6) is 0. The first-order valence-electron chi connectivity index (χ1n) is 20.0. The van der Waals surface area contributed by atoms with E-state index in [1.54, 1.807) is 0 Å². The van der Waals surface area contributed by atoms with Gasteiger partial charge in [0.15, 0.2) is 11.8 Å². The summed E-state index contributed by atoms with van der Waals surface area (Å²) in [7, 11) is 0. The van der Waals surface area contributed by atoms with Gasteiger partial charge in [0.25, 0.3) is 0 Å². The SMILES string of the molecule is [C-]#[N+]C(C#N)C1=C(/C=C/C2=[N+](CCCC)c3ccc4cc(C)ccc4c3C2(C)C)CC/C1=C\C=C1\N(CCCC)c2ccc3cc(C)ccc3c2C1(C)C. The zero-order valence-corrected chi connectivity index (χ0v) is 33.6. The van der Waals surface area contributed by atoms with Gasteiger partial charge in [-0.1, -0.05) is 106 Å². The standard InChI is InChI=1S/C50H55N4/c1-10-12-28-53-42-24-18-37-30-33(3)14-22-39(37)47(42)49(5,6)44(53)26-20-35-16-17-36(46(35)41(32-51)52-9)21-27-45-50(7,8)48-40-23-15-34(4)31-38(40)19-25-43(48)54(45)29-13-11-2/h14-15,18-27,30-31,41H,10-13,16-17,28-29H2,1-8H3/q+1. The van der Waals surface area contributed by atoms with Gasteiger partial charge in [-0.3, -0.25) is 4.85 Å². The van der Waals surface area contributed by atoms with Gasteiger partial charge >= 0.3 is 6.04 Å². The molecule has 0 N–H and O–H groups in total. The van der Waals surface area contributed by atoms with Gasteiger partial charge in [0, 0.05) is 47.5 Å². The summed E-state index contributed by atoms with van der Waals surface area (Å²) in [6.07, 6.45) is 15.2. The van der Waals surface area contributed by atoms with E-state index in [0.717, 1.165) is 68.3 Å². The van der Waals surface area contributed by atoms with Crippen LogP contribution in [0.15, 0.2) is 107 Å². The highest BCUT2D eigenvalue weighted by Gasteiger charge is 2.46. The molecule has 0 fully saturated rings. The van der Waals surface area contributed by atoms with Crippen molar-refractivity contribution in [2.24, 2.45) is 0 Å². The number of anilines is 1. The molecule has 1 atom stereocenters. The van der Waals surface area contributed by atoms with Crippen LogP contribution in [0.25, 0.3) is 26.4 Å². The molecule has 3 aliphatic rings. The number of nitrogens with zero attached hydrogens (tertiary/aromatic N) is 4. The molecule has 2 aliphatic heterocycles. The minimum absolute atomic E-state index is 0.209. The molecule has 0 amide bonds. The monoisotopic (exact) mass is 711 g/mol. The summed E-state index contributed by atoms with van der Waals surface area (Å²) < 4.78 is 2.53. The molecule has 0 saturated heterocycles. The van der Waals surface area contributed by atoms with Gasteiger partial charge in [0.05, 0.1) is 11.0 Å². The lowest BCUT2D eigenvalue weighted by atomic mass is 9.78. The van der Waals surface area contributed by atoms with Crippen LogP contribution < -0.4 is 4.90 Å². The third-order valence-electron chi connectivity index (χ3n) is 12.2. The molecular formula is C50H55N4+. The van der Waals surface area contributed by atoms with Gasteiger partial charge in [-0.25, -0.2) is 6.57 Å². The second kappa shape index (κ2) is 14.6. The Morgan fingerprint density at radius 2 is 1.50 bits per heavy atom. The number of hydrogen-bond acceptors (Lipinski definition) is 2. The van der Waals surface area contributed by atoms with E-state index in [4.69, 9.17) is 6.57 Å². The normalized spacial score (nSPS) is 19.4. The molecule has 274 valence electrons. The van der Waals surface area contributed by atoms with Crippen molar-refractivity contribution < 1.29 is 4.58 Å². The average Bonchev–Trinajstić information content (AvgIpc) is 3.72. The van der Waals surface area contributed by atoms with Gasteiger partial charge in [-0.2, -0.15) is 9.84 Å². The molecule has 2 heterocycles. The maximum Gasteiger partial charge on any atom is 0.332 e. The molecule has 0 spiro atoms. The molecular weight excluding hydrogens is 657 g/mol. The first-order chi connectivity index (χ1) is 26.0. The van der Waals surface area contributed by atoms with Crippen molar-refractivity contribution >= 4 is 38.6 Å². The number of nitriles is 1. The van der Waals surface area contributed by atoms with Crippen molar-refractivity contribution in [3.05, 3.63) is 141 Å². The van der Waals surface area contributed by atoms with E-state index in [2.05, 4.69) is 161 Å². The predicted molar refractivity (Wildman–Crippen MR) is 228 cm³/mol. The van der Waals surface area contributed by atoms with Crippen LogP contribution >= 0.6 is 0 Å². The smallest absolute Gasteiger partial charge is 0.332 e. The van der Waals surface area contributed by atoms with Gasteiger partial charge in [0.2, 0.25) is 5.69 Å². The molecule has 4 heteroatoms. The molecule has 54 heavy (non-hydrogen) atoms. The molecule has 0 saturated carbocycles. The Labute approximate surface area is 323 Å². The number of unbranched alkanes of at least 4 members (excludes halogenated alkanes) is 2. The van der Waals surface area contributed by atoms with Crippen LogP contribution in [0.3, 0.4) is 0 Å². The maximum atomic E-state index is 10.3. The summed E-state index contributed by atoms with van der Waals surface area (Å²) >= 11 is 0. The lowest BCUT2D eigenvalue weighted by molar-refractivity contribution is -0.438. The highest BCUT2D eigenvalue weighted by atomic mass is 15.2. The molecule has 0 aromatic heterocycles. The molecule has 1 unspecified atom stereocenters. The minimum Gasteiger partial charge on any atom is -0.344 e. The zero-order chi connectivity index (χ0) is 38.4. The van der Waals surface area contributed by atoms with E-state index in [1.165, 1.54) is 66.6 Å². The van der Waals surface area contributed by atoms with Crippen molar-refractivity contribution in [1.82, 2.24) is 0 Å². The van der Waals surface area contributed by atoms with Gasteiger partial charge in [-0.05, 0) is 103 Å². The van der Waals surface area contributed by atoms with Gasteiger partial charge in [-0.15, -0.1) is 0 Å². The Kier molecular flexibility index (Phi) is 10.0. The van der Waals surface area contributed by atoms with Crippen molar-refractivity contribution in [3.63, 3.8) is 0 Å². The highest BCUT2D eigenvalue weighted by molar-refractivity contribution is 6.08. The predicted octanol–water partition coefficient (Wildman–Crippen LogP) is 12.7. The quantitative estimate of drug-likeness (QED) is 0.121. The molecule has 4 aromatic rings.